The predicted molar refractivity (Wildman–Crippen MR) is 85.8 cm³/mol. The maximum Gasteiger partial charge on any atom is 0.124 e. The average molecular weight is 289 g/mol. The number of nitrogens with one attached hydrogen (secondary N) is 1. The minimum Gasteiger partial charge on any atom is -0.492 e. The second-order valence-electron chi connectivity index (χ2n) is 6.48. The number of ether oxygens (including phenoxy) is 1. The molecule has 0 aliphatic carbocycles. The Balaban J connectivity index is 1.82. The quantitative estimate of drug-likeness (QED) is 0.914. The third kappa shape index (κ3) is 2.93. The van der Waals surface area contributed by atoms with Crippen LogP contribution in [0.4, 0.5) is 0 Å². The first-order valence-corrected chi connectivity index (χ1v) is 8.00. The second kappa shape index (κ2) is 6.34. The van der Waals surface area contributed by atoms with Crippen LogP contribution < -0.4 is 10.1 Å². The van der Waals surface area contributed by atoms with E-state index in [-0.39, 0.29) is 0 Å². The molecule has 116 valence electrons. The average Bonchev–Trinajstić information content (AvgIpc) is 2.93. The van der Waals surface area contributed by atoms with Crippen LogP contribution in [0.3, 0.4) is 0 Å². The van der Waals surface area contributed by atoms with E-state index in [0.29, 0.717) is 18.1 Å². The largest absolute Gasteiger partial charge is 0.492 e. The van der Waals surface area contributed by atoms with Gasteiger partial charge >= 0.3 is 0 Å². The fourth-order valence-electron chi connectivity index (χ4n) is 3.89. The zero-order valence-electron chi connectivity index (χ0n) is 13.4. The number of benzene rings is 1. The van der Waals surface area contributed by atoms with Crippen molar-refractivity contribution in [2.45, 2.75) is 31.0 Å². The molecule has 0 saturated carbocycles. The number of hydrogen-bond donors (Lipinski definition) is 1. The molecule has 0 amide bonds. The van der Waals surface area contributed by atoms with Gasteiger partial charge in [0.25, 0.3) is 0 Å². The van der Waals surface area contributed by atoms with Crippen LogP contribution in [0.25, 0.3) is 0 Å². The number of likely N-dealkylation sites (N-methyl/N-ethyl adjacent to an activating group) is 2. The van der Waals surface area contributed by atoms with Gasteiger partial charge in [-0.25, -0.2) is 0 Å². The fraction of sp³-hybridized carbons (Fsp3) is 0.647. The van der Waals surface area contributed by atoms with Crippen molar-refractivity contribution in [2.24, 2.45) is 0 Å². The van der Waals surface area contributed by atoms with E-state index in [4.69, 9.17) is 4.74 Å². The Labute approximate surface area is 128 Å². The number of hydrogen-bond acceptors (Lipinski definition) is 4. The number of nitrogens with zero attached hydrogens (tertiary/aromatic N) is 2. The summed E-state index contributed by atoms with van der Waals surface area (Å²) >= 11 is 0. The van der Waals surface area contributed by atoms with Crippen molar-refractivity contribution in [1.82, 2.24) is 15.1 Å². The van der Waals surface area contributed by atoms with E-state index in [1.807, 2.05) is 0 Å². The van der Waals surface area contributed by atoms with Crippen molar-refractivity contribution in [3.8, 4) is 5.75 Å². The summed E-state index contributed by atoms with van der Waals surface area (Å²) in [5.74, 6) is 1.04. The van der Waals surface area contributed by atoms with Gasteiger partial charge < -0.3 is 15.0 Å². The molecule has 1 N–H and O–H groups in total. The monoisotopic (exact) mass is 289 g/mol. The van der Waals surface area contributed by atoms with Crippen LogP contribution in [0.5, 0.6) is 5.75 Å². The summed E-state index contributed by atoms with van der Waals surface area (Å²) in [6, 6.07) is 9.87. The van der Waals surface area contributed by atoms with E-state index in [0.717, 1.165) is 18.9 Å². The summed E-state index contributed by atoms with van der Waals surface area (Å²) in [4.78, 5) is 4.96. The molecule has 3 unspecified atom stereocenters. The molecular formula is C17H27N3O. The van der Waals surface area contributed by atoms with Crippen molar-refractivity contribution in [3.63, 3.8) is 0 Å². The van der Waals surface area contributed by atoms with E-state index < -0.39 is 0 Å². The first-order chi connectivity index (χ1) is 10.2. The van der Waals surface area contributed by atoms with E-state index >= 15 is 0 Å². The molecule has 3 atom stereocenters. The fourth-order valence-corrected chi connectivity index (χ4v) is 3.89. The number of para-hydroxylation sites is 1. The molecule has 2 aliphatic rings. The Kier molecular flexibility index (Phi) is 4.48. The minimum atomic E-state index is 0.359. The Hall–Kier alpha value is -1.10. The van der Waals surface area contributed by atoms with Gasteiger partial charge in [0.05, 0.1) is 12.1 Å². The van der Waals surface area contributed by atoms with Gasteiger partial charge in [-0.3, -0.25) is 4.90 Å². The van der Waals surface area contributed by atoms with Gasteiger partial charge in [0.15, 0.2) is 0 Å². The SMILES string of the molecule is CNC1c2ccccc2OCC1N1CCCC1CN(C)C. The Morgan fingerprint density at radius 1 is 1.33 bits per heavy atom. The van der Waals surface area contributed by atoms with E-state index in [2.05, 4.69) is 60.5 Å². The summed E-state index contributed by atoms with van der Waals surface area (Å²) in [5.41, 5.74) is 1.30. The summed E-state index contributed by atoms with van der Waals surface area (Å²) in [6.45, 7) is 3.11. The van der Waals surface area contributed by atoms with Gasteiger partial charge in [-0.15, -0.1) is 0 Å². The van der Waals surface area contributed by atoms with E-state index in [1.165, 1.54) is 24.9 Å². The molecule has 1 aromatic rings. The Morgan fingerprint density at radius 2 is 2.14 bits per heavy atom. The molecule has 1 fully saturated rings. The number of fused-ring (bicyclic) bond motifs is 1. The van der Waals surface area contributed by atoms with Crippen molar-refractivity contribution < 1.29 is 4.74 Å². The molecule has 2 heterocycles. The molecule has 0 radical (unpaired) electrons. The van der Waals surface area contributed by atoms with Gasteiger partial charge in [0.2, 0.25) is 0 Å². The van der Waals surface area contributed by atoms with Crippen LogP contribution in [0.15, 0.2) is 24.3 Å². The molecule has 2 aliphatic heterocycles. The van der Waals surface area contributed by atoms with Gasteiger partial charge in [-0.1, -0.05) is 18.2 Å². The molecule has 0 spiro atoms. The smallest absolute Gasteiger partial charge is 0.124 e. The molecule has 4 nitrogen and oxygen atoms in total. The van der Waals surface area contributed by atoms with Crippen molar-refractivity contribution >= 4 is 0 Å². The molecule has 3 rings (SSSR count). The third-order valence-electron chi connectivity index (χ3n) is 4.78. The van der Waals surface area contributed by atoms with Crippen LogP contribution in [0, 0.1) is 0 Å². The second-order valence-corrected chi connectivity index (χ2v) is 6.48. The van der Waals surface area contributed by atoms with E-state index in [9.17, 15) is 0 Å². The highest BCUT2D eigenvalue weighted by molar-refractivity contribution is 5.38. The molecule has 0 aromatic heterocycles. The Bertz CT molecular complexity index is 477. The first-order valence-electron chi connectivity index (χ1n) is 8.00. The van der Waals surface area contributed by atoms with Crippen molar-refractivity contribution in [3.05, 3.63) is 29.8 Å². The van der Waals surface area contributed by atoms with E-state index in [1.54, 1.807) is 0 Å². The van der Waals surface area contributed by atoms with Crippen LogP contribution in [0.1, 0.15) is 24.4 Å². The van der Waals surface area contributed by atoms with Crippen molar-refractivity contribution in [1.29, 1.82) is 0 Å². The summed E-state index contributed by atoms with van der Waals surface area (Å²) in [5, 5.41) is 3.53. The van der Waals surface area contributed by atoms with Crippen molar-refractivity contribution in [2.75, 3.05) is 40.8 Å². The third-order valence-corrected chi connectivity index (χ3v) is 4.78. The molecule has 21 heavy (non-hydrogen) atoms. The van der Waals surface area contributed by atoms with Gasteiger partial charge in [0, 0.05) is 18.2 Å². The van der Waals surface area contributed by atoms with Crippen LogP contribution in [-0.2, 0) is 0 Å². The highest BCUT2D eigenvalue weighted by Crippen LogP contribution is 2.36. The van der Waals surface area contributed by atoms with Gasteiger partial charge in [-0.05, 0) is 46.6 Å². The molecule has 1 aromatic carbocycles. The van der Waals surface area contributed by atoms with Gasteiger partial charge in [-0.2, -0.15) is 0 Å². The molecule has 1 saturated heterocycles. The first kappa shape index (κ1) is 14.8. The van der Waals surface area contributed by atoms with Crippen LogP contribution >= 0.6 is 0 Å². The maximum absolute atomic E-state index is 6.04. The number of rotatable bonds is 4. The maximum atomic E-state index is 6.04. The number of likely N-dealkylation sites (tertiary alicyclic amines) is 1. The lowest BCUT2D eigenvalue weighted by Crippen LogP contribution is -2.53. The predicted octanol–water partition coefficient (Wildman–Crippen LogP) is 1.73. The minimum absolute atomic E-state index is 0.359. The highest BCUT2D eigenvalue weighted by atomic mass is 16.5. The van der Waals surface area contributed by atoms with Gasteiger partial charge in [0.1, 0.15) is 12.4 Å². The zero-order valence-corrected chi connectivity index (χ0v) is 13.4. The lowest BCUT2D eigenvalue weighted by molar-refractivity contribution is 0.0693. The summed E-state index contributed by atoms with van der Waals surface area (Å²) in [7, 11) is 6.40. The normalized spacial score (nSPS) is 29.4. The molecule has 4 heteroatoms. The lowest BCUT2D eigenvalue weighted by Gasteiger charge is -2.42. The highest BCUT2D eigenvalue weighted by Gasteiger charge is 2.39. The Morgan fingerprint density at radius 3 is 2.90 bits per heavy atom. The topological polar surface area (TPSA) is 27.7 Å². The summed E-state index contributed by atoms with van der Waals surface area (Å²) in [6.07, 6.45) is 2.60. The molecule has 0 bridgehead atoms. The summed E-state index contributed by atoms with van der Waals surface area (Å²) < 4.78 is 6.04. The zero-order chi connectivity index (χ0) is 14.8. The standard InChI is InChI=1S/C17H27N3O/c1-18-17-14-8-4-5-9-16(14)21-12-15(17)20-10-6-7-13(20)11-19(2)3/h4-5,8-9,13,15,17-18H,6-7,10-12H2,1-3H3. The van der Waals surface area contributed by atoms with Crippen LogP contribution in [-0.4, -0.2) is 62.7 Å². The lowest BCUT2D eigenvalue weighted by atomic mass is 9.94. The molecular weight excluding hydrogens is 262 g/mol. The van der Waals surface area contributed by atoms with Crippen LogP contribution in [0.2, 0.25) is 0 Å².